The van der Waals surface area contributed by atoms with Crippen LogP contribution in [0.2, 0.25) is 0 Å². The normalized spacial score (nSPS) is 11.8. The minimum absolute atomic E-state index is 0.103. The number of ketones is 1. The van der Waals surface area contributed by atoms with Crippen molar-refractivity contribution in [3.63, 3.8) is 0 Å². The second-order valence-corrected chi connectivity index (χ2v) is 4.81. The smallest absolute Gasteiger partial charge is 0.224 e. The highest BCUT2D eigenvalue weighted by molar-refractivity contribution is 6.33. The van der Waals surface area contributed by atoms with Gasteiger partial charge < -0.3 is 10.1 Å². The van der Waals surface area contributed by atoms with Gasteiger partial charge in [0.2, 0.25) is 5.91 Å². The third kappa shape index (κ3) is 4.23. The highest BCUT2D eigenvalue weighted by Crippen LogP contribution is 2.27. The number of hydrogen-bond acceptors (Lipinski definition) is 3. The molecule has 1 aromatic rings. The fraction of sp³-hybridized carbons (Fsp3) is 0.467. The molecule has 4 nitrogen and oxygen atoms in total. The van der Waals surface area contributed by atoms with Crippen molar-refractivity contribution in [2.45, 2.75) is 39.0 Å². The van der Waals surface area contributed by atoms with E-state index in [1.807, 2.05) is 13.8 Å². The quantitative estimate of drug-likeness (QED) is 0.617. The van der Waals surface area contributed by atoms with Crippen LogP contribution in [-0.2, 0) is 4.79 Å². The maximum Gasteiger partial charge on any atom is 0.224 e. The van der Waals surface area contributed by atoms with Crippen LogP contribution in [0.3, 0.4) is 0 Å². The van der Waals surface area contributed by atoms with Gasteiger partial charge in [-0.05, 0) is 31.5 Å². The van der Waals surface area contributed by atoms with Crippen molar-refractivity contribution in [3.8, 4) is 5.75 Å². The second-order valence-electron chi connectivity index (χ2n) is 4.29. The van der Waals surface area contributed by atoms with Crippen LogP contribution in [0.5, 0.6) is 5.75 Å². The Balaban J connectivity index is 3.05. The summed E-state index contributed by atoms with van der Waals surface area (Å²) < 4.78 is 5.48. The monoisotopic (exact) mass is 297 g/mol. The Labute approximate surface area is 124 Å². The van der Waals surface area contributed by atoms with Gasteiger partial charge in [-0.2, -0.15) is 0 Å². The number of alkyl halides is 1. The van der Waals surface area contributed by atoms with Gasteiger partial charge in [-0.15, -0.1) is 11.6 Å². The van der Waals surface area contributed by atoms with Gasteiger partial charge in [-0.1, -0.05) is 13.8 Å². The number of nitrogens with one attached hydrogen (secondary N) is 1. The minimum Gasteiger partial charge on any atom is -0.492 e. The van der Waals surface area contributed by atoms with Gasteiger partial charge >= 0.3 is 0 Å². The zero-order valence-electron chi connectivity index (χ0n) is 12.0. The highest BCUT2D eigenvalue weighted by Gasteiger charge is 2.17. The number of benzene rings is 1. The van der Waals surface area contributed by atoms with E-state index in [1.165, 1.54) is 0 Å². The summed E-state index contributed by atoms with van der Waals surface area (Å²) in [5.41, 5.74) is 1.06. The van der Waals surface area contributed by atoms with Crippen LogP contribution >= 0.6 is 11.6 Å². The Morgan fingerprint density at radius 3 is 2.55 bits per heavy atom. The molecule has 1 amide bonds. The number of Topliss-reactive ketones (excluding diaryl/α,β-unsaturated/α-hetero) is 1. The van der Waals surface area contributed by atoms with Gasteiger partial charge in [-0.25, -0.2) is 0 Å². The molecule has 0 fully saturated rings. The molecule has 0 radical (unpaired) electrons. The first-order valence-electron chi connectivity index (χ1n) is 6.78. The van der Waals surface area contributed by atoms with Crippen LogP contribution in [0.15, 0.2) is 18.2 Å². The number of hydrogen-bond donors (Lipinski definition) is 1. The van der Waals surface area contributed by atoms with Gasteiger partial charge in [0.1, 0.15) is 5.75 Å². The predicted molar refractivity (Wildman–Crippen MR) is 80.8 cm³/mol. The van der Waals surface area contributed by atoms with Crippen molar-refractivity contribution < 1.29 is 14.3 Å². The third-order valence-corrected chi connectivity index (χ3v) is 3.31. The summed E-state index contributed by atoms with van der Waals surface area (Å²) in [5, 5.41) is 2.20. The van der Waals surface area contributed by atoms with Crippen LogP contribution in [0.4, 0.5) is 5.69 Å². The van der Waals surface area contributed by atoms with Crippen LogP contribution in [0, 0.1) is 0 Å². The van der Waals surface area contributed by atoms with Crippen LogP contribution < -0.4 is 10.1 Å². The average Bonchev–Trinajstić information content (AvgIpc) is 2.47. The molecule has 1 unspecified atom stereocenters. The first kappa shape index (κ1) is 16.5. The topological polar surface area (TPSA) is 55.4 Å². The van der Waals surface area contributed by atoms with Crippen LogP contribution in [0.1, 0.15) is 44.0 Å². The molecule has 5 heteroatoms. The fourth-order valence-electron chi connectivity index (χ4n) is 1.66. The standard InChI is InChI=1S/C15H20ClNO3/c1-4-11(16)15(19)10-7-8-12(17-14(18)5-2)13(9-10)20-6-3/h7-9,11H,4-6H2,1-3H3,(H,17,18). The zero-order valence-corrected chi connectivity index (χ0v) is 12.8. The number of ether oxygens (including phenoxy) is 1. The summed E-state index contributed by atoms with van der Waals surface area (Å²) >= 11 is 5.97. The van der Waals surface area contributed by atoms with E-state index in [-0.39, 0.29) is 11.7 Å². The van der Waals surface area contributed by atoms with E-state index in [4.69, 9.17) is 16.3 Å². The van der Waals surface area contributed by atoms with Crippen molar-refractivity contribution in [2.24, 2.45) is 0 Å². The number of amides is 1. The van der Waals surface area contributed by atoms with Gasteiger partial charge in [0.25, 0.3) is 0 Å². The molecule has 20 heavy (non-hydrogen) atoms. The summed E-state index contributed by atoms with van der Waals surface area (Å²) in [4.78, 5) is 23.5. The predicted octanol–water partition coefficient (Wildman–Crippen LogP) is 3.63. The van der Waals surface area contributed by atoms with E-state index < -0.39 is 5.38 Å². The van der Waals surface area contributed by atoms with Crippen molar-refractivity contribution in [2.75, 3.05) is 11.9 Å². The first-order chi connectivity index (χ1) is 9.53. The van der Waals surface area contributed by atoms with Gasteiger partial charge in [0, 0.05) is 12.0 Å². The zero-order chi connectivity index (χ0) is 15.1. The van der Waals surface area contributed by atoms with Crippen molar-refractivity contribution in [1.29, 1.82) is 0 Å². The highest BCUT2D eigenvalue weighted by atomic mass is 35.5. The van der Waals surface area contributed by atoms with Crippen molar-refractivity contribution >= 4 is 29.0 Å². The van der Waals surface area contributed by atoms with E-state index in [9.17, 15) is 9.59 Å². The molecular weight excluding hydrogens is 278 g/mol. The van der Waals surface area contributed by atoms with Gasteiger partial charge in [0.15, 0.2) is 5.78 Å². The number of halogens is 1. The molecule has 0 aliphatic carbocycles. The molecule has 0 heterocycles. The molecule has 1 aromatic carbocycles. The van der Waals surface area contributed by atoms with Crippen LogP contribution in [-0.4, -0.2) is 23.7 Å². The molecule has 0 aliphatic rings. The molecule has 0 saturated carbocycles. The number of rotatable bonds is 7. The lowest BCUT2D eigenvalue weighted by molar-refractivity contribution is -0.115. The number of carbonyl (C=O) groups is 2. The Hall–Kier alpha value is -1.55. The molecule has 0 aliphatic heterocycles. The van der Waals surface area contributed by atoms with E-state index in [2.05, 4.69) is 5.32 Å². The number of carbonyl (C=O) groups excluding carboxylic acids is 2. The minimum atomic E-state index is -0.541. The van der Waals surface area contributed by atoms with Crippen molar-refractivity contribution in [1.82, 2.24) is 0 Å². The van der Waals surface area contributed by atoms with E-state index in [1.54, 1.807) is 25.1 Å². The summed E-state index contributed by atoms with van der Waals surface area (Å²) in [6.45, 7) is 5.92. The molecule has 0 bridgehead atoms. The molecule has 1 atom stereocenters. The Morgan fingerprint density at radius 1 is 1.30 bits per heavy atom. The van der Waals surface area contributed by atoms with Gasteiger partial charge in [-0.3, -0.25) is 9.59 Å². The third-order valence-electron chi connectivity index (χ3n) is 2.80. The van der Waals surface area contributed by atoms with Crippen molar-refractivity contribution in [3.05, 3.63) is 23.8 Å². The molecular formula is C15H20ClNO3. The fourth-order valence-corrected chi connectivity index (χ4v) is 1.78. The molecule has 0 aromatic heterocycles. The SMILES string of the molecule is CCOc1cc(C(=O)C(Cl)CC)ccc1NC(=O)CC. The molecule has 0 spiro atoms. The summed E-state index contributed by atoms with van der Waals surface area (Å²) in [6, 6.07) is 4.95. The average molecular weight is 298 g/mol. The largest absolute Gasteiger partial charge is 0.492 e. The Kier molecular flexibility index (Phi) is 6.52. The molecule has 1 rings (SSSR count). The van der Waals surface area contributed by atoms with E-state index in [0.717, 1.165) is 0 Å². The number of anilines is 1. The molecule has 0 saturated heterocycles. The lowest BCUT2D eigenvalue weighted by atomic mass is 10.1. The maximum atomic E-state index is 12.0. The first-order valence-corrected chi connectivity index (χ1v) is 7.22. The van der Waals surface area contributed by atoms with Gasteiger partial charge in [0.05, 0.1) is 17.7 Å². The Morgan fingerprint density at radius 2 is 2.00 bits per heavy atom. The lowest BCUT2D eigenvalue weighted by Crippen LogP contribution is -2.15. The lowest BCUT2D eigenvalue weighted by Gasteiger charge is -2.13. The second kappa shape index (κ2) is 7.90. The van der Waals surface area contributed by atoms with Crippen LogP contribution in [0.25, 0.3) is 0 Å². The summed E-state index contributed by atoms with van der Waals surface area (Å²) in [5.74, 6) is 0.248. The van der Waals surface area contributed by atoms with E-state index in [0.29, 0.717) is 36.4 Å². The maximum absolute atomic E-state index is 12.0. The summed E-state index contributed by atoms with van der Waals surface area (Å²) in [6.07, 6.45) is 0.949. The molecule has 1 N–H and O–H groups in total. The van der Waals surface area contributed by atoms with E-state index >= 15 is 0 Å². The summed E-state index contributed by atoms with van der Waals surface area (Å²) in [7, 11) is 0. The Bertz CT molecular complexity index is 488. The molecule has 110 valence electrons.